The van der Waals surface area contributed by atoms with Crippen LogP contribution in [0.15, 0.2) is 121 Å². The summed E-state index contributed by atoms with van der Waals surface area (Å²) in [5.74, 6) is 1.91. The second kappa shape index (κ2) is 14.3. The lowest BCUT2D eigenvalue weighted by Crippen LogP contribution is -2.08. The normalized spacial score (nSPS) is 13.0. The van der Waals surface area contributed by atoms with Crippen molar-refractivity contribution in [2.75, 3.05) is 0 Å². The van der Waals surface area contributed by atoms with Crippen LogP contribution >= 0.6 is 21.6 Å². The van der Waals surface area contributed by atoms with Gasteiger partial charge in [-0.15, -0.1) is 0 Å². The second-order valence-electron chi connectivity index (χ2n) is 12.4. The van der Waals surface area contributed by atoms with Gasteiger partial charge < -0.3 is 9.47 Å². The van der Waals surface area contributed by atoms with E-state index >= 15 is 0 Å². The van der Waals surface area contributed by atoms with Crippen molar-refractivity contribution >= 4 is 43.1 Å². The van der Waals surface area contributed by atoms with Crippen LogP contribution in [0.2, 0.25) is 0 Å². The van der Waals surface area contributed by atoms with Gasteiger partial charge in [0.2, 0.25) is 0 Å². The Morgan fingerprint density at radius 3 is 1.24 bits per heavy atom. The van der Waals surface area contributed by atoms with Crippen LogP contribution < -0.4 is 9.47 Å². The minimum Gasteiger partial charge on any atom is -0.491 e. The number of fused-ring (bicyclic) bond motifs is 2. The Morgan fingerprint density at radius 2 is 0.826 bits per heavy atom. The molecule has 0 spiro atoms. The summed E-state index contributed by atoms with van der Waals surface area (Å²) in [7, 11) is 3.78. The summed E-state index contributed by atoms with van der Waals surface area (Å²) >= 11 is 0. The molecule has 0 saturated carbocycles. The zero-order chi connectivity index (χ0) is 32.2. The van der Waals surface area contributed by atoms with Crippen molar-refractivity contribution in [2.24, 2.45) is 0 Å². The molecule has 0 amide bonds. The molecular formula is C42H42O2S2. The van der Waals surface area contributed by atoms with Gasteiger partial charge in [0.05, 0.1) is 12.2 Å². The maximum atomic E-state index is 6.44. The van der Waals surface area contributed by atoms with Crippen molar-refractivity contribution in [1.29, 1.82) is 0 Å². The molecule has 6 rings (SSSR count). The summed E-state index contributed by atoms with van der Waals surface area (Å²) in [5, 5.41) is 5.46. The minimum absolute atomic E-state index is 0.0845. The maximum Gasteiger partial charge on any atom is 0.124 e. The average molecular weight is 643 g/mol. The fourth-order valence-corrected chi connectivity index (χ4v) is 8.56. The molecule has 2 nitrogen and oxygen atoms in total. The van der Waals surface area contributed by atoms with E-state index < -0.39 is 0 Å². The Bertz CT molecular complexity index is 1810. The Morgan fingerprint density at radius 1 is 0.435 bits per heavy atom. The molecule has 46 heavy (non-hydrogen) atoms. The van der Waals surface area contributed by atoms with Crippen molar-refractivity contribution in [2.45, 2.75) is 64.3 Å². The zero-order valence-corrected chi connectivity index (χ0v) is 29.1. The first kappa shape index (κ1) is 32.1. The molecule has 234 valence electrons. The molecule has 0 radical (unpaired) electrons. The summed E-state index contributed by atoms with van der Waals surface area (Å²) < 4.78 is 12.9. The van der Waals surface area contributed by atoms with Gasteiger partial charge in [0.1, 0.15) is 11.5 Å². The molecule has 0 saturated heterocycles. The van der Waals surface area contributed by atoms with Gasteiger partial charge in [0, 0.05) is 21.6 Å². The van der Waals surface area contributed by atoms with E-state index in [-0.39, 0.29) is 22.7 Å². The van der Waals surface area contributed by atoms with Crippen LogP contribution in [0.5, 0.6) is 11.5 Å². The van der Waals surface area contributed by atoms with E-state index in [2.05, 4.69) is 163 Å². The highest BCUT2D eigenvalue weighted by molar-refractivity contribution is 8.76. The third-order valence-corrected chi connectivity index (χ3v) is 11.4. The van der Waals surface area contributed by atoms with Crippen LogP contribution in [0, 0.1) is 0 Å². The molecule has 0 heterocycles. The van der Waals surface area contributed by atoms with E-state index in [9.17, 15) is 0 Å². The first-order chi connectivity index (χ1) is 22.3. The summed E-state index contributed by atoms with van der Waals surface area (Å²) in [5.41, 5.74) is 7.24. The lowest BCUT2D eigenvalue weighted by molar-refractivity contribution is 0.240. The van der Waals surface area contributed by atoms with E-state index in [4.69, 9.17) is 9.47 Å². The van der Waals surface area contributed by atoms with Gasteiger partial charge in [-0.1, -0.05) is 131 Å². The van der Waals surface area contributed by atoms with Crippen molar-refractivity contribution in [3.63, 3.8) is 0 Å². The van der Waals surface area contributed by atoms with Crippen LogP contribution in [0.1, 0.15) is 63.2 Å². The van der Waals surface area contributed by atoms with Crippen LogP contribution in [0.25, 0.3) is 43.8 Å². The fourth-order valence-electron chi connectivity index (χ4n) is 6.01. The fraction of sp³-hybridized carbons (Fsp3) is 0.238. The van der Waals surface area contributed by atoms with Crippen molar-refractivity contribution < 1.29 is 9.47 Å². The summed E-state index contributed by atoms with van der Waals surface area (Å²) in [6.07, 6.45) is 0.169. The van der Waals surface area contributed by atoms with Gasteiger partial charge in [-0.3, -0.25) is 0 Å². The highest BCUT2D eigenvalue weighted by Crippen LogP contribution is 2.50. The van der Waals surface area contributed by atoms with Crippen LogP contribution in [0.4, 0.5) is 0 Å². The molecule has 0 unspecified atom stereocenters. The molecule has 0 N–H and O–H groups in total. The first-order valence-electron chi connectivity index (χ1n) is 16.2. The lowest BCUT2D eigenvalue weighted by atomic mass is 9.96. The molecule has 4 heteroatoms. The molecular weight excluding hydrogens is 601 g/mol. The Hall–Kier alpha value is -3.86. The van der Waals surface area contributed by atoms with E-state index in [1.54, 1.807) is 0 Å². The van der Waals surface area contributed by atoms with Crippen molar-refractivity contribution in [1.82, 2.24) is 0 Å². The van der Waals surface area contributed by atoms with E-state index in [0.717, 1.165) is 11.5 Å². The van der Waals surface area contributed by atoms with Gasteiger partial charge in [0.25, 0.3) is 0 Å². The van der Waals surface area contributed by atoms with E-state index in [1.165, 1.54) is 54.9 Å². The summed E-state index contributed by atoms with van der Waals surface area (Å²) in [4.78, 5) is 0. The molecule has 0 bridgehead atoms. The van der Waals surface area contributed by atoms with Gasteiger partial charge in [-0.25, -0.2) is 0 Å². The predicted octanol–water partition coefficient (Wildman–Crippen LogP) is 13.1. The molecule has 0 aliphatic rings. The van der Waals surface area contributed by atoms with Crippen LogP contribution in [0.3, 0.4) is 0 Å². The smallest absolute Gasteiger partial charge is 0.124 e. The number of rotatable bonds is 11. The van der Waals surface area contributed by atoms with Gasteiger partial charge in [0.15, 0.2) is 0 Å². The van der Waals surface area contributed by atoms with Crippen molar-refractivity contribution in [3.05, 3.63) is 132 Å². The Balaban J connectivity index is 1.25. The Labute approximate surface area is 281 Å². The quantitative estimate of drug-likeness (QED) is 0.131. The standard InChI is InChI=1S/C42H42O2S2/c1-27(2)43-41-25-33(39-19-11-15-31-13-7-9-17-37(31)39)21-23-35(41)29(5)45-46-30(6)36-24-22-34(26-42(36)44-28(3)4)40-20-12-16-32-14-8-10-18-38(32)40/h7-30H,1-6H3/t29-,30-/m1/s1. The van der Waals surface area contributed by atoms with E-state index in [0.29, 0.717) is 0 Å². The zero-order valence-electron chi connectivity index (χ0n) is 27.5. The third-order valence-electron chi connectivity index (χ3n) is 8.17. The highest BCUT2D eigenvalue weighted by atomic mass is 33.1. The highest BCUT2D eigenvalue weighted by Gasteiger charge is 2.20. The molecule has 6 aromatic carbocycles. The summed E-state index contributed by atoms with van der Waals surface area (Å²) in [6, 6.07) is 43.6. The third kappa shape index (κ3) is 7.09. The largest absolute Gasteiger partial charge is 0.491 e. The molecule has 0 fully saturated rings. The monoisotopic (exact) mass is 642 g/mol. The first-order valence-corrected chi connectivity index (χ1v) is 18.5. The van der Waals surface area contributed by atoms with Gasteiger partial charge in [-0.2, -0.15) is 0 Å². The predicted molar refractivity (Wildman–Crippen MR) is 202 cm³/mol. The number of ether oxygens (including phenoxy) is 2. The molecule has 0 aliphatic carbocycles. The molecule has 2 atom stereocenters. The van der Waals surface area contributed by atoms with Crippen LogP contribution in [-0.4, -0.2) is 12.2 Å². The minimum atomic E-state index is 0.0845. The molecule has 6 aromatic rings. The molecule has 0 aromatic heterocycles. The number of hydrogen-bond acceptors (Lipinski definition) is 4. The second-order valence-corrected chi connectivity index (χ2v) is 15.3. The molecule has 0 aliphatic heterocycles. The average Bonchev–Trinajstić information content (AvgIpc) is 3.06. The van der Waals surface area contributed by atoms with Gasteiger partial charge >= 0.3 is 0 Å². The Kier molecular flexibility index (Phi) is 9.96. The maximum absolute atomic E-state index is 6.44. The SMILES string of the molecule is CC(C)Oc1cc(-c2cccc3ccccc23)ccc1[C@@H](C)SS[C@H](C)c1ccc(-c2cccc3ccccc23)cc1OC(C)C. The summed E-state index contributed by atoms with van der Waals surface area (Å²) in [6.45, 7) is 12.9. The number of hydrogen-bond donors (Lipinski definition) is 0. The van der Waals surface area contributed by atoms with Gasteiger partial charge in [-0.05, 0) is 97.5 Å². The van der Waals surface area contributed by atoms with Crippen LogP contribution in [-0.2, 0) is 0 Å². The number of benzene rings is 6. The topological polar surface area (TPSA) is 18.5 Å². The lowest BCUT2D eigenvalue weighted by Gasteiger charge is -2.23. The van der Waals surface area contributed by atoms with Crippen molar-refractivity contribution in [3.8, 4) is 33.8 Å². The van der Waals surface area contributed by atoms with E-state index in [1.807, 2.05) is 21.6 Å².